The Morgan fingerprint density at radius 3 is 2.65 bits per heavy atom. The fraction of sp³-hybridized carbons (Fsp3) is 0.462. The van der Waals surface area contributed by atoms with Crippen LogP contribution in [0.4, 0.5) is 5.82 Å². The van der Waals surface area contributed by atoms with Crippen LogP contribution in [0.25, 0.3) is 0 Å². The van der Waals surface area contributed by atoms with Gasteiger partial charge in [-0.2, -0.15) is 0 Å². The van der Waals surface area contributed by atoms with Crippen LogP contribution in [0.5, 0.6) is 0 Å². The summed E-state index contributed by atoms with van der Waals surface area (Å²) < 4.78 is 0. The standard InChI is InChI=1S/C13H16ClN3O3/c14-10-6-9(7-15-12(10)16-8-11(18)19)13(20)17-4-2-1-3-5-17/h6-7H,1-5,8H2,(H,15,16)(H,18,19). The molecule has 1 aromatic rings. The predicted molar refractivity (Wildman–Crippen MR) is 75.1 cm³/mol. The largest absolute Gasteiger partial charge is 0.480 e. The highest BCUT2D eigenvalue weighted by molar-refractivity contribution is 6.33. The van der Waals surface area contributed by atoms with E-state index in [2.05, 4.69) is 10.3 Å². The van der Waals surface area contributed by atoms with Crippen LogP contribution in [0.2, 0.25) is 5.02 Å². The molecule has 20 heavy (non-hydrogen) atoms. The maximum Gasteiger partial charge on any atom is 0.322 e. The summed E-state index contributed by atoms with van der Waals surface area (Å²) in [6.07, 6.45) is 4.62. The molecule has 0 aromatic carbocycles. The zero-order valence-electron chi connectivity index (χ0n) is 10.9. The Balaban J connectivity index is 2.07. The highest BCUT2D eigenvalue weighted by atomic mass is 35.5. The highest BCUT2D eigenvalue weighted by Crippen LogP contribution is 2.21. The van der Waals surface area contributed by atoms with E-state index in [0.29, 0.717) is 5.56 Å². The predicted octanol–water partition coefficient (Wildman–Crippen LogP) is 1.86. The molecule has 1 amide bonds. The third-order valence-electron chi connectivity index (χ3n) is 3.14. The molecule has 0 atom stereocenters. The molecule has 0 saturated carbocycles. The number of likely N-dealkylation sites (tertiary alicyclic amines) is 1. The summed E-state index contributed by atoms with van der Waals surface area (Å²) in [5.41, 5.74) is 0.428. The van der Waals surface area contributed by atoms with E-state index < -0.39 is 5.97 Å². The summed E-state index contributed by atoms with van der Waals surface area (Å²) >= 11 is 6.01. The Labute approximate surface area is 121 Å². The molecule has 2 heterocycles. The van der Waals surface area contributed by atoms with Gasteiger partial charge >= 0.3 is 5.97 Å². The van der Waals surface area contributed by atoms with Crippen molar-refractivity contribution in [1.29, 1.82) is 0 Å². The maximum atomic E-state index is 12.2. The minimum Gasteiger partial charge on any atom is -0.480 e. The molecule has 1 aliphatic rings. The number of pyridine rings is 1. The van der Waals surface area contributed by atoms with E-state index in [1.54, 1.807) is 4.90 Å². The van der Waals surface area contributed by atoms with Crippen molar-refractivity contribution in [3.05, 3.63) is 22.8 Å². The first-order chi connectivity index (χ1) is 9.58. The SMILES string of the molecule is O=C(O)CNc1ncc(C(=O)N2CCCCC2)cc1Cl. The van der Waals surface area contributed by atoms with E-state index in [1.165, 1.54) is 12.3 Å². The topological polar surface area (TPSA) is 82.5 Å². The van der Waals surface area contributed by atoms with Gasteiger partial charge in [-0.3, -0.25) is 9.59 Å². The molecule has 0 spiro atoms. The average molecular weight is 298 g/mol. The number of piperidine rings is 1. The fourth-order valence-electron chi connectivity index (χ4n) is 2.12. The lowest BCUT2D eigenvalue weighted by Gasteiger charge is -2.26. The number of hydrogen-bond donors (Lipinski definition) is 2. The second-order valence-corrected chi connectivity index (χ2v) is 5.06. The number of carbonyl (C=O) groups is 2. The summed E-state index contributed by atoms with van der Waals surface area (Å²) in [6, 6.07) is 1.52. The molecule has 0 unspecified atom stereocenters. The molecule has 108 valence electrons. The number of halogens is 1. The molecule has 1 aliphatic heterocycles. The average Bonchev–Trinajstić information content (AvgIpc) is 2.46. The van der Waals surface area contributed by atoms with Crippen LogP contribution in [0.3, 0.4) is 0 Å². The number of aliphatic carboxylic acids is 1. The van der Waals surface area contributed by atoms with Crippen molar-refractivity contribution in [2.75, 3.05) is 25.0 Å². The van der Waals surface area contributed by atoms with Crippen molar-refractivity contribution in [1.82, 2.24) is 9.88 Å². The summed E-state index contributed by atoms with van der Waals surface area (Å²) in [7, 11) is 0. The molecule has 6 nitrogen and oxygen atoms in total. The number of carboxylic acid groups (broad SMARTS) is 1. The van der Waals surface area contributed by atoms with Crippen molar-refractivity contribution in [3.63, 3.8) is 0 Å². The van der Waals surface area contributed by atoms with Gasteiger partial charge in [0, 0.05) is 19.3 Å². The zero-order valence-corrected chi connectivity index (χ0v) is 11.7. The van der Waals surface area contributed by atoms with Gasteiger partial charge in [-0.15, -0.1) is 0 Å². The van der Waals surface area contributed by atoms with Gasteiger partial charge in [-0.1, -0.05) is 11.6 Å². The first-order valence-electron chi connectivity index (χ1n) is 6.48. The van der Waals surface area contributed by atoms with Crippen LogP contribution < -0.4 is 5.32 Å². The number of rotatable bonds is 4. The number of nitrogens with one attached hydrogen (secondary N) is 1. The van der Waals surface area contributed by atoms with Gasteiger partial charge in [0.15, 0.2) is 0 Å². The van der Waals surface area contributed by atoms with Gasteiger partial charge in [0.05, 0.1) is 10.6 Å². The normalized spacial score (nSPS) is 14.9. The lowest BCUT2D eigenvalue weighted by atomic mass is 10.1. The van der Waals surface area contributed by atoms with E-state index >= 15 is 0 Å². The first-order valence-corrected chi connectivity index (χ1v) is 6.86. The Morgan fingerprint density at radius 1 is 1.35 bits per heavy atom. The molecular formula is C13H16ClN3O3. The van der Waals surface area contributed by atoms with Crippen LogP contribution >= 0.6 is 11.6 Å². The van der Waals surface area contributed by atoms with Gasteiger partial charge in [-0.25, -0.2) is 4.98 Å². The number of amides is 1. The fourth-order valence-corrected chi connectivity index (χ4v) is 2.36. The second-order valence-electron chi connectivity index (χ2n) is 4.65. The second kappa shape index (κ2) is 6.56. The van der Waals surface area contributed by atoms with E-state index in [1.807, 2.05) is 0 Å². The lowest BCUT2D eigenvalue weighted by molar-refractivity contribution is -0.134. The number of anilines is 1. The minimum atomic E-state index is -1.00. The molecule has 1 fully saturated rings. The molecule has 1 aromatic heterocycles. The summed E-state index contributed by atoms with van der Waals surface area (Å²) in [4.78, 5) is 28.5. The van der Waals surface area contributed by atoms with Gasteiger partial charge in [0.2, 0.25) is 0 Å². The molecule has 0 aliphatic carbocycles. The van der Waals surface area contributed by atoms with Crippen molar-refractivity contribution in [2.24, 2.45) is 0 Å². The Bertz CT molecular complexity index is 516. The van der Waals surface area contributed by atoms with Crippen LogP contribution in [-0.4, -0.2) is 46.5 Å². The quantitative estimate of drug-likeness (QED) is 0.886. The molecule has 2 N–H and O–H groups in total. The Hall–Kier alpha value is -1.82. The molecule has 1 saturated heterocycles. The van der Waals surface area contributed by atoms with E-state index in [-0.39, 0.29) is 23.3 Å². The number of nitrogens with zero attached hydrogens (tertiary/aromatic N) is 2. The third-order valence-corrected chi connectivity index (χ3v) is 3.43. The molecule has 7 heteroatoms. The monoisotopic (exact) mass is 297 g/mol. The molecule has 0 bridgehead atoms. The Kier molecular flexibility index (Phi) is 4.79. The van der Waals surface area contributed by atoms with Gasteiger partial charge < -0.3 is 15.3 Å². The van der Waals surface area contributed by atoms with E-state index in [0.717, 1.165) is 32.4 Å². The van der Waals surface area contributed by atoms with Crippen LogP contribution in [0.1, 0.15) is 29.6 Å². The maximum absolute atomic E-state index is 12.2. The zero-order chi connectivity index (χ0) is 14.5. The van der Waals surface area contributed by atoms with Crippen LogP contribution in [0, 0.1) is 0 Å². The van der Waals surface area contributed by atoms with Crippen molar-refractivity contribution < 1.29 is 14.7 Å². The smallest absolute Gasteiger partial charge is 0.322 e. The Morgan fingerprint density at radius 2 is 2.05 bits per heavy atom. The molecule has 2 rings (SSSR count). The lowest BCUT2D eigenvalue weighted by Crippen LogP contribution is -2.35. The van der Waals surface area contributed by atoms with Gasteiger partial charge in [0.25, 0.3) is 5.91 Å². The van der Waals surface area contributed by atoms with Gasteiger partial charge in [-0.05, 0) is 25.3 Å². The van der Waals surface area contributed by atoms with Gasteiger partial charge in [0.1, 0.15) is 12.4 Å². The minimum absolute atomic E-state index is 0.0797. The van der Waals surface area contributed by atoms with Crippen LogP contribution in [0.15, 0.2) is 12.3 Å². The highest BCUT2D eigenvalue weighted by Gasteiger charge is 2.19. The van der Waals surface area contributed by atoms with E-state index in [4.69, 9.17) is 16.7 Å². The summed E-state index contributed by atoms with van der Waals surface area (Å²) in [6.45, 7) is 1.25. The summed E-state index contributed by atoms with van der Waals surface area (Å²) in [5, 5.41) is 11.4. The molecule has 0 radical (unpaired) electrons. The number of carbonyl (C=O) groups excluding carboxylic acids is 1. The van der Waals surface area contributed by atoms with Crippen molar-refractivity contribution in [2.45, 2.75) is 19.3 Å². The molecular weight excluding hydrogens is 282 g/mol. The first kappa shape index (κ1) is 14.6. The number of hydrogen-bond acceptors (Lipinski definition) is 4. The van der Waals surface area contributed by atoms with Crippen LogP contribution in [-0.2, 0) is 4.79 Å². The third kappa shape index (κ3) is 3.60. The van der Waals surface area contributed by atoms with E-state index in [9.17, 15) is 9.59 Å². The van der Waals surface area contributed by atoms with Crippen molar-refractivity contribution >= 4 is 29.3 Å². The number of carboxylic acids is 1. The van der Waals surface area contributed by atoms with Crippen molar-refractivity contribution in [3.8, 4) is 0 Å². The number of aromatic nitrogens is 1. The summed E-state index contributed by atoms with van der Waals surface area (Å²) in [5.74, 6) is -0.815.